The number of benzene rings is 1. The fourth-order valence-corrected chi connectivity index (χ4v) is 4.17. The van der Waals surface area contributed by atoms with Crippen LogP contribution in [0, 0.1) is 5.92 Å². The zero-order valence-corrected chi connectivity index (χ0v) is 15.1. The third kappa shape index (κ3) is 3.28. The van der Waals surface area contributed by atoms with Crippen LogP contribution in [-0.2, 0) is 16.1 Å². The van der Waals surface area contributed by atoms with Crippen LogP contribution in [0.2, 0.25) is 0 Å². The van der Waals surface area contributed by atoms with E-state index in [1.54, 1.807) is 18.1 Å². The number of carbonyl (C=O) groups excluding carboxylic acids is 2. The maximum atomic E-state index is 12.8. The van der Waals surface area contributed by atoms with Crippen molar-refractivity contribution in [2.75, 3.05) is 13.6 Å². The van der Waals surface area contributed by atoms with E-state index >= 15 is 0 Å². The molecule has 2 aromatic rings. The van der Waals surface area contributed by atoms with Crippen LogP contribution in [0.25, 0.3) is 11.0 Å². The fourth-order valence-electron chi connectivity index (χ4n) is 4.17. The number of carbonyl (C=O) groups is 2. The van der Waals surface area contributed by atoms with Gasteiger partial charge < -0.3 is 9.80 Å². The molecule has 0 spiro atoms. The van der Waals surface area contributed by atoms with Gasteiger partial charge in [-0.25, -0.2) is 4.98 Å². The van der Waals surface area contributed by atoms with E-state index in [0.29, 0.717) is 25.6 Å². The molecule has 1 aliphatic carbocycles. The van der Waals surface area contributed by atoms with E-state index in [0.717, 1.165) is 29.6 Å². The predicted octanol–water partition coefficient (Wildman–Crippen LogP) is 2.38. The molecule has 1 atom stereocenters. The third-order valence-corrected chi connectivity index (χ3v) is 5.55. The van der Waals surface area contributed by atoms with E-state index < -0.39 is 0 Å². The summed E-state index contributed by atoms with van der Waals surface area (Å²) in [6, 6.07) is 8.04. The number of fused-ring (bicyclic) bond motifs is 1. The van der Waals surface area contributed by atoms with Crippen molar-refractivity contribution >= 4 is 22.8 Å². The minimum absolute atomic E-state index is 0.0220. The zero-order valence-electron chi connectivity index (χ0n) is 15.1. The van der Waals surface area contributed by atoms with Crippen molar-refractivity contribution in [1.29, 1.82) is 0 Å². The number of aromatic nitrogens is 2. The molecule has 1 saturated carbocycles. The van der Waals surface area contributed by atoms with Gasteiger partial charge in [0.15, 0.2) is 0 Å². The molecule has 4 rings (SSSR count). The summed E-state index contributed by atoms with van der Waals surface area (Å²) in [7, 11) is 1.78. The van der Waals surface area contributed by atoms with Gasteiger partial charge in [-0.2, -0.15) is 0 Å². The number of hydrogen-bond donors (Lipinski definition) is 0. The highest BCUT2D eigenvalue weighted by Crippen LogP contribution is 2.30. The van der Waals surface area contributed by atoms with Crippen molar-refractivity contribution in [1.82, 2.24) is 19.8 Å². The first-order valence-electron chi connectivity index (χ1n) is 9.37. The minimum Gasteiger partial charge on any atom is -0.339 e. The Morgan fingerprint density at radius 1 is 1.23 bits per heavy atom. The molecule has 0 N–H and O–H groups in total. The van der Waals surface area contributed by atoms with Crippen LogP contribution < -0.4 is 0 Å². The van der Waals surface area contributed by atoms with Crippen LogP contribution in [-0.4, -0.2) is 51.2 Å². The molecule has 2 heterocycles. The molecule has 0 unspecified atom stereocenters. The second-order valence-corrected chi connectivity index (χ2v) is 7.43. The van der Waals surface area contributed by atoms with Crippen molar-refractivity contribution in [2.45, 2.75) is 44.7 Å². The van der Waals surface area contributed by atoms with E-state index in [4.69, 9.17) is 0 Å². The number of para-hydroxylation sites is 2. The van der Waals surface area contributed by atoms with Gasteiger partial charge in [0, 0.05) is 26.1 Å². The SMILES string of the molecule is CN(Cc1cnc2ccccc2n1)C(=O)[C@@H]1CC(=O)N(C2CCCC2)C1. The second kappa shape index (κ2) is 7.02. The van der Waals surface area contributed by atoms with Gasteiger partial charge in [0.2, 0.25) is 11.8 Å². The molecule has 0 bridgehead atoms. The van der Waals surface area contributed by atoms with Crippen LogP contribution in [0.5, 0.6) is 0 Å². The minimum atomic E-state index is -0.235. The average Bonchev–Trinajstić information content (AvgIpc) is 3.30. The van der Waals surface area contributed by atoms with Gasteiger partial charge in [0.05, 0.1) is 35.4 Å². The van der Waals surface area contributed by atoms with E-state index in [1.165, 1.54) is 12.8 Å². The molecule has 1 aromatic carbocycles. The van der Waals surface area contributed by atoms with Crippen molar-refractivity contribution in [3.05, 3.63) is 36.2 Å². The predicted molar refractivity (Wildman–Crippen MR) is 98.1 cm³/mol. The summed E-state index contributed by atoms with van der Waals surface area (Å²) in [5, 5.41) is 0. The molecule has 136 valence electrons. The Kier molecular flexibility index (Phi) is 4.57. The molecular weight excluding hydrogens is 328 g/mol. The molecule has 1 aromatic heterocycles. The highest BCUT2D eigenvalue weighted by Gasteiger charge is 2.39. The van der Waals surface area contributed by atoms with Gasteiger partial charge in [-0.1, -0.05) is 25.0 Å². The van der Waals surface area contributed by atoms with Crippen LogP contribution in [0.15, 0.2) is 30.5 Å². The number of likely N-dealkylation sites (tertiary alicyclic amines) is 1. The van der Waals surface area contributed by atoms with Crippen LogP contribution in [0.1, 0.15) is 37.8 Å². The van der Waals surface area contributed by atoms with Gasteiger partial charge in [0.25, 0.3) is 0 Å². The Bertz CT molecular complexity index is 831. The van der Waals surface area contributed by atoms with Crippen LogP contribution >= 0.6 is 0 Å². The maximum absolute atomic E-state index is 12.8. The first-order chi connectivity index (χ1) is 12.6. The zero-order chi connectivity index (χ0) is 18.1. The van der Waals surface area contributed by atoms with E-state index in [9.17, 15) is 9.59 Å². The molecular formula is C20H24N4O2. The van der Waals surface area contributed by atoms with Gasteiger partial charge in [0.1, 0.15) is 0 Å². The van der Waals surface area contributed by atoms with Crippen molar-refractivity contribution in [2.24, 2.45) is 5.92 Å². The fraction of sp³-hybridized carbons (Fsp3) is 0.500. The van der Waals surface area contributed by atoms with Gasteiger partial charge in [-0.05, 0) is 25.0 Å². The number of hydrogen-bond acceptors (Lipinski definition) is 4. The number of amides is 2. The quantitative estimate of drug-likeness (QED) is 0.847. The summed E-state index contributed by atoms with van der Waals surface area (Å²) in [6.45, 7) is 0.973. The normalized spacial score (nSPS) is 20.9. The van der Waals surface area contributed by atoms with Gasteiger partial charge >= 0.3 is 0 Å². The number of rotatable bonds is 4. The summed E-state index contributed by atoms with van der Waals surface area (Å²) in [5.74, 6) is -0.0792. The molecule has 1 saturated heterocycles. The number of nitrogens with zero attached hydrogens (tertiary/aromatic N) is 4. The smallest absolute Gasteiger partial charge is 0.228 e. The molecule has 2 amide bonds. The third-order valence-electron chi connectivity index (χ3n) is 5.55. The summed E-state index contributed by atoms with van der Waals surface area (Å²) in [6.07, 6.45) is 6.59. The lowest BCUT2D eigenvalue weighted by molar-refractivity contribution is -0.135. The molecule has 1 aliphatic heterocycles. The topological polar surface area (TPSA) is 66.4 Å². The molecule has 0 radical (unpaired) electrons. The summed E-state index contributed by atoms with van der Waals surface area (Å²) in [4.78, 5) is 37.8. The second-order valence-electron chi connectivity index (χ2n) is 7.43. The first kappa shape index (κ1) is 16.9. The molecule has 2 aliphatic rings. The van der Waals surface area contributed by atoms with E-state index in [-0.39, 0.29) is 17.7 Å². The monoisotopic (exact) mass is 352 g/mol. The summed E-state index contributed by atoms with van der Waals surface area (Å²) in [5.41, 5.74) is 2.43. The van der Waals surface area contributed by atoms with Crippen molar-refractivity contribution in [3.63, 3.8) is 0 Å². The Balaban J connectivity index is 1.41. The molecule has 6 heteroatoms. The van der Waals surface area contributed by atoms with E-state index in [1.807, 2.05) is 29.2 Å². The highest BCUT2D eigenvalue weighted by molar-refractivity contribution is 5.89. The molecule has 26 heavy (non-hydrogen) atoms. The Morgan fingerprint density at radius 2 is 1.96 bits per heavy atom. The molecule has 2 fully saturated rings. The standard InChI is InChI=1S/C20H24N4O2/c1-23(13-15-11-21-17-8-4-5-9-18(17)22-15)20(26)14-10-19(25)24(12-14)16-6-2-3-7-16/h4-5,8-9,11,14,16H,2-3,6-7,10,12-13H2,1H3/t14-/m1/s1. The van der Waals surface area contributed by atoms with E-state index in [2.05, 4.69) is 9.97 Å². The largest absolute Gasteiger partial charge is 0.339 e. The first-order valence-corrected chi connectivity index (χ1v) is 9.37. The lowest BCUT2D eigenvalue weighted by Gasteiger charge is -2.25. The Labute approximate surface area is 153 Å². The van der Waals surface area contributed by atoms with Crippen molar-refractivity contribution in [3.8, 4) is 0 Å². The van der Waals surface area contributed by atoms with Crippen LogP contribution in [0.4, 0.5) is 0 Å². The summed E-state index contributed by atoms with van der Waals surface area (Å²) < 4.78 is 0. The average molecular weight is 352 g/mol. The Hall–Kier alpha value is -2.50. The van der Waals surface area contributed by atoms with Gasteiger partial charge in [-0.3, -0.25) is 14.6 Å². The lowest BCUT2D eigenvalue weighted by Crippen LogP contribution is -2.37. The maximum Gasteiger partial charge on any atom is 0.228 e. The van der Waals surface area contributed by atoms with Crippen molar-refractivity contribution < 1.29 is 9.59 Å². The highest BCUT2D eigenvalue weighted by atomic mass is 16.2. The molecule has 6 nitrogen and oxygen atoms in total. The summed E-state index contributed by atoms with van der Waals surface area (Å²) >= 11 is 0. The van der Waals surface area contributed by atoms with Crippen LogP contribution in [0.3, 0.4) is 0 Å². The van der Waals surface area contributed by atoms with Gasteiger partial charge in [-0.15, -0.1) is 0 Å². The lowest BCUT2D eigenvalue weighted by atomic mass is 10.1. The Morgan fingerprint density at radius 3 is 2.73 bits per heavy atom.